The highest BCUT2D eigenvalue weighted by Gasteiger charge is 2.06. The van der Waals surface area contributed by atoms with Crippen molar-refractivity contribution in [3.05, 3.63) is 69.1 Å². The van der Waals surface area contributed by atoms with Crippen molar-refractivity contribution in [2.45, 2.75) is 6.54 Å². The molecule has 0 fully saturated rings. The second kappa shape index (κ2) is 6.08. The Balaban J connectivity index is 1.87. The van der Waals surface area contributed by atoms with Crippen LogP contribution in [0.5, 0.6) is 5.75 Å². The Labute approximate surface area is 140 Å². The van der Waals surface area contributed by atoms with Crippen LogP contribution >= 0.6 is 31.9 Å². The third-order valence-corrected chi connectivity index (χ3v) is 4.56. The first-order chi connectivity index (χ1) is 10.1. The first-order valence-electron chi connectivity index (χ1n) is 6.53. The first kappa shape index (κ1) is 14.4. The van der Waals surface area contributed by atoms with Gasteiger partial charge in [-0.05, 0) is 61.0 Å². The summed E-state index contributed by atoms with van der Waals surface area (Å²) in [4.78, 5) is 0. The van der Waals surface area contributed by atoms with Gasteiger partial charge in [0.05, 0.1) is 8.95 Å². The Bertz CT molecular complexity index is 773. The third-order valence-electron chi connectivity index (χ3n) is 3.35. The zero-order chi connectivity index (χ0) is 14.8. The van der Waals surface area contributed by atoms with Crippen LogP contribution in [0.1, 0.15) is 5.56 Å². The molecule has 3 aromatic carbocycles. The highest BCUT2D eigenvalue weighted by atomic mass is 79.9. The quantitative estimate of drug-likeness (QED) is 0.586. The fraction of sp³-hybridized carbons (Fsp3) is 0.0588. The van der Waals surface area contributed by atoms with Gasteiger partial charge in [-0.15, -0.1) is 0 Å². The average molecular weight is 407 g/mol. The van der Waals surface area contributed by atoms with E-state index in [1.165, 1.54) is 10.8 Å². The molecule has 0 aliphatic heterocycles. The standard InChI is InChI=1S/C17H13Br2NO/c18-14-8-11(9-15(19)17(14)21)10-20-16-7-3-5-12-4-1-2-6-13(12)16/h1-9,20-21H,10H2. The highest BCUT2D eigenvalue weighted by Crippen LogP contribution is 2.33. The maximum atomic E-state index is 9.74. The molecule has 0 saturated carbocycles. The zero-order valence-electron chi connectivity index (χ0n) is 11.1. The number of nitrogens with one attached hydrogen (secondary N) is 1. The highest BCUT2D eigenvalue weighted by molar-refractivity contribution is 9.11. The molecule has 2 nitrogen and oxygen atoms in total. The summed E-state index contributed by atoms with van der Waals surface area (Å²) >= 11 is 6.71. The molecule has 0 radical (unpaired) electrons. The number of phenolic OH excluding ortho intramolecular Hbond substituents is 1. The van der Waals surface area contributed by atoms with Crippen LogP contribution in [0, 0.1) is 0 Å². The molecule has 3 aromatic rings. The van der Waals surface area contributed by atoms with Gasteiger partial charge in [-0.2, -0.15) is 0 Å². The van der Waals surface area contributed by atoms with E-state index in [-0.39, 0.29) is 5.75 Å². The van der Waals surface area contributed by atoms with Gasteiger partial charge in [0.1, 0.15) is 5.75 Å². The smallest absolute Gasteiger partial charge is 0.143 e. The van der Waals surface area contributed by atoms with Crippen molar-refractivity contribution >= 4 is 48.3 Å². The summed E-state index contributed by atoms with van der Waals surface area (Å²) < 4.78 is 1.37. The molecule has 0 aliphatic rings. The lowest BCUT2D eigenvalue weighted by Gasteiger charge is -2.11. The molecule has 0 aliphatic carbocycles. The number of hydrogen-bond donors (Lipinski definition) is 2. The number of halogens is 2. The van der Waals surface area contributed by atoms with Crippen LogP contribution in [0.15, 0.2) is 63.5 Å². The van der Waals surface area contributed by atoms with Crippen molar-refractivity contribution < 1.29 is 5.11 Å². The molecule has 3 rings (SSSR count). The van der Waals surface area contributed by atoms with E-state index in [0.29, 0.717) is 15.5 Å². The summed E-state index contributed by atoms with van der Waals surface area (Å²) in [5.74, 6) is 0.226. The summed E-state index contributed by atoms with van der Waals surface area (Å²) in [5, 5.41) is 15.6. The van der Waals surface area contributed by atoms with Crippen molar-refractivity contribution in [3.63, 3.8) is 0 Å². The van der Waals surface area contributed by atoms with E-state index < -0.39 is 0 Å². The molecule has 21 heavy (non-hydrogen) atoms. The molecule has 4 heteroatoms. The molecule has 0 bridgehead atoms. The predicted molar refractivity (Wildman–Crippen MR) is 94.8 cm³/mol. The minimum atomic E-state index is 0.226. The fourth-order valence-electron chi connectivity index (χ4n) is 2.30. The number of fused-ring (bicyclic) bond motifs is 1. The van der Waals surface area contributed by atoms with Gasteiger partial charge in [-0.25, -0.2) is 0 Å². The Kier molecular flexibility index (Phi) is 4.17. The van der Waals surface area contributed by atoms with Crippen molar-refractivity contribution in [1.82, 2.24) is 0 Å². The van der Waals surface area contributed by atoms with Gasteiger partial charge in [-0.3, -0.25) is 0 Å². The second-order valence-corrected chi connectivity index (χ2v) is 6.50. The predicted octanol–water partition coefficient (Wildman–Crippen LogP) is 5.68. The van der Waals surface area contributed by atoms with Gasteiger partial charge >= 0.3 is 0 Å². The normalized spacial score (nSPS) is 10.8. The molecule has 106 valence electrons. The van der Waals surface area contributed by atoms with E-state index in [9.17, 15) is 5.11 Å². The molecule has 0 atom stereocenters. The lowest BCUT2D eigenvalue weighted by molar-refractivity contribution is 0.468. The first-order valence-corrected chi connectivity index (χ1v) is 8.12. The monoisotopic (exact) mass is 405 g/mol. The van der Waals surface area contributed by atoms with Crippen molar-refractivity contribution in [1.29, 1.82) is 0 Å². The van der Waals surface area contributed by atoms with Crippen LogP contribution in [-0.4, -0.2) is 5.11 Å². The second-order valence-electron chi connectivity index (χ2n) is 4.79. The lowest BCUT2D eigenvalue weighted by Crippen LogP contribution is -2.00. The van der Waals surface area contributed by atoms with Crippen LogP contribution in [0.3, 0.4) is 0 Å². The Morgan fingerprint density at radius 3 is 2.33 bits per heavy atom. The SMILES string of the molecule is Oc1c(Br)cc(CNc2cccc3ccccc23)cc1Br. The number of benzene rings is 3. The molecule has 0 amide bonds. The van der Waals surface area contributed by atoms with Gasteiger partial charge in [-0.1, -0.05) is 36.4 Å². The van der Waals surface area contributed by atoms with E-state index in [0.717, 1.165) is 11.3 Å². The van der Waals surface area contributed by atoms with E-state index in [4.69, 9.17) is 0 Å². The maximum Gasteiger partial charge on any atom is 0.143 e. The molecule has 0 heterocycles. The molecule has 0 aromatic heterocycles. The van der Waals surface area contributed by atoms with Crippen molar-refractivity contribution in [2.75, 3.05) is 5.32 Å². The minimum Gasteiger partial charge on any atom is -0.506 e. The molecule has 0 unspecified atom stereocenters. The molecule has 2 N–H and O–H groups in total. The van der Waals surface area contributed by atoms with Crippen LogP contribution in [0.2, 0.25) is 0 Å². The summed E-state index contributed by atoms with van der Waals surface area (Å²) in [7, 11) is 0. The average Bonchev–Trinajstić information content (AvgIpc) is 2.50. The Morgan fingerprint density at radius 2 is 1.57 bits per heavy atom. The molecule has 0 saturated heterocycles. The number of hydrogen-bond acceptors (Lipinski definition) is 2. The lowest BCUT2D eigenvalue weighted by atomic mass is 10.1. The van der Waals surface area contributed by atoms with E-state index in [1.54, 1.807) is 0 Å². The number of anilines is 1. The van der Waals surface area contributed by atoms with Crippen molar-refractivity contribution in [3.8, 4) is 5.75 Å². The van der Waals surface area contributed by atoms with Crippen LogP contribution in [0.4, 0.5) is 5.69 Å². The van der Waals surface area contributed by atoms with E-state index in [2.05, 4.69) is 61.4 Å². The topological polar surface area (TPSA) is 32.3 Å². The Hall–Kier alpha value is -1.52. The number of aromatic hydroxyl groups is 1. The third kappa shape index (κ3) is 3.06. The summed E-state index contributed by atoms with van der Waals surface area (Å²) in [5.41, 5.74) is 2.19. The molecular weight excluding hydrogens is 394 g/mol. The summed E-state index contributed by atoms with van der Waals surface area (Å²) in [6.45, 7) is 0.686. The molecule has 0 spiro atoms. The Morgan fingerprint density at radius 1 is 0.905 bits per heavy atom. The summed E-state index contributed by atoms with van der Waals surface area (Å²) in [6.07, 6.45) is 0. The van der Waals surface area contributed by atoms with Crippen LogP contribution in [-0.2, 0) is 6.54 Å². The maximum absolute atomic E-state index is 9.74. The largest absolute Gasteiger partial charge is 0.506 e. The van der Waals surface area contributed by atoms with Crippen molar-refractivity contribution in [2.24, 2.45) is 0 Å². The summed E-state index contributed by atoms with van der Waals surface area (Å²) in [6, 6.07) is 18.4. The van der Waals surface area contributed by atoms with Gasteiger partial charge in [0.25, 0.3) is 0 Å². The van der Waals surface area contributed by atoms with Gasteiger partial charge in [0.2, 0.25) is 0 Å². The van der Waals surface area contributed by atoms with E-state index in [1.807, 2.05) is 30.3 Å². The minimum absolute atomic E-state index is 0.226. The number of phenols is 1. The fourth-order valence-corrected chi connectivity index (χ4v) is 3.58. The van der Waals surface area contributed by atoms with Crippen LogP contribution in [0.25, 0.3) is 10.8 Å². The zero-order valence-corrected chi connectivity index (χ0v) is 14.3. The van der Waals surface area contributed by atoms with Gasteiger partial charge in [0.15, 0.2) is 0 Å². The van der Waals surface area contributed by atoms with E-state index >= 15 is 0 Å². The number of rotatable bonds is 3. The van der Waals surface area contributed by atoms with Gasteiger partial charge in [0, 0.05) is 17.6 Å². The van der Waals surface area contributed by atoms with Crippen LogP contribution < -0.4 is 5.32 Å². The van der Waals surface area contributed by atoms with Gasteiger partial charge < -0.3 is 10.4 Å². The molecular formula is C17H13Br2NO.